The van der Waals surface area contributed by atoms with Crippen LogP contribution in [0.4, 0.5) is 9.59 Å². The Morgan fingerprint density at radius 3 is 1.26 bits per heavy atom. The van der Waals surface area contributed by atoms with Crippen molar-refractivity contribution in [2.45, 2.75) is 52.0 Å². The zero-order valence-corrected chi connectivity index (χ0v) is 29.1. The number of carbonyl (C=O) groups is 2. The van der Waals surface area contributed by atoms with Gasteiger partial charge >= 0.3 is 12.2 Å². The van der Waals surface area contributed by atoms with E-state index in [-0.39, 0.29) is 25.3 Å². The van der Waals surface area contributed by atoms with E-state index in [9.17, 15) is 9.59 Å². The number of carbonyl (C=O) groups excluding carboxylic acids is 2. The molecule has 0 radical (unpaired) electrons. The molecule has 2 atom stereocenters. The topological polar surface area (TPSA) is 119 Å². The fourth-order valence-electron chi connectivity index (χ4n) is 5.29. The van der Waals surface area contributed by atoms with Gasteiger partial charge in [0.15, 0.2) is 0 Å². The van der Waals surface area contributed by atoms with Gasteiger partial charge in [-0.3, -0.25) is 0 Å². The minimum Gasteiger partial charge on any atom is -0.494 e. The Morgan fingerprint density at radius 2 is 0.900 bits per heavy atom. The lowest BCUT2D eigenvalue weighted by molar-refractivity contribution is 0.134. The average Bonchev–Trinajstić information content (AvgIpc) is 3.14. The Kier molecular flexibility index (Phi) is 16.5. The van der Waals surface area contributed by atoms with Crippen molar-refractivity contribution in [1.82, 2.24) is 21.3 Å². The molecule has 2 amide bonds. The van der Waals surface area contributed by atoms with Crippen LogP contribution < -0.4 is 30.7 Å². The van der Waals surface area contributed by atoms with E-state index in [1.165, 1.54) is 0 Å². The van der Waals surface area contributed by atoms with E-state index in [0.717, 1.165) is 33.8 Å². The first-order chi connectivity index (χ1) is 24.5. The summed E-state index contributed by atoms with van der Waals surface area (Å²) in [5.41, 5.74) is 4.00. The normalized spacial score (nSPS) is 12.0. The number of hydrogen-bond donors (Lipinski definition) is 4. The largest absolute Gasteiger partial charge is 0.494 e. The summed E-state index contributed by atoms with van der Waals surface area (Å²) in [5.74, 6) is 1.62. The molecule has 4 aromatic carbocycles. The molecule has 266 valence electrons. The van der Waals surface area contributed by atoms with Crippen molar-refractivity contribution in [2.24, 2.45) is 0 Å². The number of ether oxygens (including phenoxy) is 4. The summed E-state index contributed by atoms with van der Waals surface area (Å²) < 4.78 is 22.2. The Balaban J connectivity index is 1.27. The number of alkyl carbamates (subject to hydrolysis) is 2. The van der Waals surface area contributed by atoms with Crippen LogP contribution in [0.5, 0.6) is 11.5 Å². The molecule has 50 heavy (non-hydrogen) atoms. The smallest absolute Gasteiger partial charge is 0.407 e. The van der Waals surface area contributed by atoms with Gasteiger partial charge in [-0.25, -0.2) is 9.59 Å². The summed E-state index contributed by atoms with van der Waals surface area (Å²) in [5, 5.41) is 13.0. The third-order valence-corrected chi connectivity index (χ3v) is 7.76. The first-order valence-corrected chi connectivity index (χ1v) is 17.3. The number of amides is 2. The molecule has 0 aliphatic heterocycles. The molecule has 4 N–H and O–H groups in total. The van der Waals surface area contributed by atoms with Crippen LogP contribution in [0.3, 0.4) is 0 Å². The molecule has 4 aromatic rings. The van der Waals surface area contributed by atoms with Gasteiger partial charge in [0, 0.05) is 38.3 Å². The van der Waals surface area contributed by atoms with Crippen LogP contribution in [0.25, 0.3) is 0 Å². The van der Waals surface area contributed by atoms with Gasteiger partial charge in [-0.15, -0.1) is 0 Å². The molecule has 0 aromatic heterocycles. The quantitative estimate of drug-likeness (QED) is 0.0787. The monoisotopic (exact) mass is 682 g/mol. The van der Waals surface area contributed by atoms with E-state index in [0.29, 0.717) is 52.2 Å². The summed E-state index contributed by atoms with van der Waals surface area (Å²) in [6.45, 7) is 7.88. The predicted molar refractivity (Wildman–Crippen MR) is 195 cm³/mol. The first-order valence-electron chi connectivity index (χ1n) is 17.3. The highest BCUT2D eigenvalue weighted by Crippen LogP contribution is 2.15. The fraction of sp³-hybridized carbons (Fsp3) is 0.350. The summed E-state index contributed by atoms with van der Waals surface area (Å²) in [6.07, 6.45) is 0.304. The van der Waals surface area contributed by atoms with Crippen LogP contribution >= 0.6 is 0 Å². The van der Waals surface area contributed by atoms with Crippen LogP contribution in [0.1, 0.15) is 36.1 Å². The van der Waals surface area contributed by atoms with Gasteiger partial charge in [-0.05, 0) is 73.2 Å². The highest BCUT2D eigenvalue weighted by atomic mass is 16.6. The average molecular weight is 683 g/mol. The summed E-state index contributed by atoms with van der Waals surface area (Å²) in [7, 11) is 0. The molecule has 0 spiro atoms. The van der Waals surface area contributed by atoms with E-state index in [2.05, 4.69) is 21.3 Å². The second kappa shape index (κ2) is 21.8. The molecular weight excluding hydrogens is 632 g/mol. The Morgan fingerprint density at radius 1 is 0.520 bits per heavy atom. The number of rotatable bonds is 21. The van der Waals surface area contributed by atoms with E-state index in [4.69, 9.17) is 18.9 Å². The predicted octanol–water partition coefficient (Wildman–Crippen LogP) is 6.04. The van der Waals surface area contributed by atoms with Gasteiger partial charge in [0.2, 0.25) is 0 Å². The van der Waals surface area contributed by atoms with Crippen molar-refractivity contribution in [1.29, 1.82) is 0 Å². The molecule has 4 rings (SSSR count). The highest BCUT2D eigenvalue weighted by Gasteiger charge is 2.16. The second-order valence-electron chi connectivity index (χ2n) is 11.8. The maximum Gasteiger partial charge on any atom is 0.407 e. The van der Waals surface area contributed by atoms with Gasteiger partial charge in [-0.1, -0.05) is 84.9 Å². The molecular formula is C40H50N4O6. The van der Waals surface area contributed by atoms with Crippen LogP contribution in [0.15, 0.2) is 109 Å². The van der Waals surface area contributed by atoms with Crippen LogP contribution in [-0.2, 0) is 35.5 Å². The standard InChI is InChI=1S/C40H50N4O6/c1-3-47-37-19-15-31(16-20-37)25-35(43-39(45)49-29-33-11-7-5-8-12-33)27-41-23-24-42-28-36(26-32-17-21-38(22-18-32)48-4-2)44-40(46)50-30-34-13-9-6-10-14-34/h5-22,35-36,41-42H,3-4,23-30H2,1-2H3,(H,43,45)(H,44,46)/t35-,36-/m0/s1. The molecule has 10 heteroatoms. The summed E-state index contributed by atoms with van der Waals surface area (Å²) >= 11 is 0. The maximum absolute atomic E-state index is 12.7. The van der Waals surface area contributed by atoms with Gasteiger partial charge in [0.25, 0.3) is 0 Å². The third kappa shape index (κ3) is 14.6. The van der Waals surface area contributed by atoms with Gasteiger partial charge < -0.3 is 40.2 Å². The van der Waals surface area contributed by atoms with Crippen molar-refractivity contribution in [3.63, 3.8) is 0 Å². The van der Waals surface area contributed by atoms with Crippen LogP contribution in [0.2, 0.25) is 0 Å². The number of benzene rings is 4. The van der Waals surface area contributed by atoms with Crippen molar-refractivity contribution < 1.29 is 28.5 Å². The van der Waals surface area contributed by atoms with E-state index in [1.807, 2.05) is 123 Å². The van der Waals surface area contributed by atoms with E-state index >= 15 is 0 Å². The number of nitrogens with one attached hydrogen (secondary N) is 4. The van der Waals surface area contributed by atoms with Gasteiger partial charge in [-0.2, -0.15) is 0 Å². The third-order valence-electron chi connectivity index (χ3n) is 7.76. The summed E-state index contributed by atoms with van der Waals surface area (Å²) in [4.78, 5) is 25.5. The Labute approximate surface area is 295 Å². The molecule has 10 nitrogen and oxygen atoms in total. The van der Waals surface area contributed by atoms with Crippen molar-refractivity contribution in [3.8, 4) is 11.5 Å². The molecule has 0 bridgehead atoms. The lowest BCUT2D eigenvalue weighted by atomic mass is 10.1. The molecule has 0 aliphatic carbocycles. The van der Waals surface area contributed by atoms with Crippen LogP contribution in [0, 0.1) is 0 Å². The molecule has 0 saturated carbocycles. The fourth-order valence-corrected chi connectivity index (χ4v) is 5.29. The van der Waals surface area contributed by atoms with Gasteiger partial charge in [0.1, 0.15) is 24.7 Å². The van der Waals surface area contributed by atoms with E-state index < -0.39 is 12.2 Å². The Bertz CT molecular complexity index is 1400. The molecule has 0 unspecified atom stereocenters. The molecule has 0 fully saturated rings. The highest BCUT2D eigenvalue weighted by molar-refractivity contribution is 5.68. The zero-order valence-electron chi connectivity index (χ0n) is 29.1. The van der Waals surface area contributed by atoms with Crippen LogP contribution in [-0.4, -0.2) is 63.7 Å². The zero-order chi connectivity index (χ0) is 35.2. The van der Waals surface area contributed by atoms with Crippen molar-refractivity contribution in [2.75, 3.05) is 39.4 Å². The molecule has 0 heterocycles. The Hall–Kier alpha value is -5.06. The maximum atomic E-state index is 12.7. The second-order valence-corrected chi connectivity index (χ2v) is 11.8. The minimum absolute atomic E-state index is 0.200. The van der Waals surface area contributed by atoms with E-state index in [1.54, 1.807) is 0 Å². The number of hydrogen-bond acceptors (Lipinski definition) is 8. The lowest BCUT2D eigenvalue weighted by Gasteiger charge is -2.21. The van der Waals surface area contributed by atoms with Crippen molar-refractivity contribution in [3.05, 3.63) is 131 Å². The first kappa shape index (κ1) is 37.8. The molecule has 0 saturated heterocycles. The van der Waals surface area contributed by atoms with Crippen molar-refractivity contribution >= 4 is 12.2 Å². The summed E-state index contributed by atoms with van der Waals surface area (Å²) in [6, 6.07) is 34.6. The van der Waals surface area contributed by atoms with Gasteiger partial charge in [0.05, 0.1) is 13.2 Å². The lowest BCUT2D eigenvalue weighted by Crippen LogP contribution is -2.46. The minimum atomic E-state index is -0.466. The molecule has 0 aliphatic rings. The SMILES string of the molecule is CCOc1ccc(C[C@@H](CNCCNC[C@H](Cc2ccc(OCC)cc2)NC(=O)OCc2ccccc2)NC(=O)OCc2ccccc2)cc1.